The van der Waals surface area contributed by atoms with Crippen LogP contribution in [-0.4, -0.2) is 11.6 Å². The summed E-state index contributed by atoms with van der Waals surface area (Å²) in [7, 11) is 0. The molecule has 0 atom stereocenters. The van der Waals surface area contributed by atoms with Gasteiger partial charge in [0.1, 0.15) is 36.1 Å². The van der Waals surface area contributed by atoms with Crippen LogP contribution < -0.4 is 0 Å². The molecular formula is C12H14O4. The van der Waals surface area contributed by atoms with E-state index in [1.807, 2.05) is 0 Å². The molecule has 1 aliphatic heterocycles. The third-order valence-electron chi connectivity index (χ3n) is 3.46. The number of carbonyl (C=O) groups is 2. The second kappa shape index (κ2) is 3.77. The smallest absolute Gasteiger partial charge is 0.143 e. The van der Waals surface area contributed by atoms with Crippen molar-refractivity contribution in [2.24, 2.45) is 11.3 Å². The largest absolute Gasteiger partial charge is 0.466 e. The Labute approximate surface area is 93.9 Å². The molecule has 0 aromatic heterocycles. The summed E-state index contributed by atoms with van der Waals surface area (Å²) < 4.78 is 10.3. The molecule has 16 heavy (non-hydrogen) atoms. The van der Waals surface area contributed by atoms with E-state index in [0.717, 1.165) is 0 Å². The van der Waals surface area contributed by atoms with Crippen molar-refractivity contribution in [1.82, 2.24) is 0 Å². The number of allylic oxidation sites excluding steroid dienone is 1. The van der Waals surface area contributed by atoms with Crippen LogP contribution in [0.25, 0.3) is 0 Å². The maximum atomic E-state index is 11.5. The van der Waals surface area contributed by atoms with Crippen molar-refractivity contribution in [3.8, 4) is 0 Å². The minimum Gasteiger partial charge on any atom is -0.466 e. The molecule has 0 unspecified atom stereocenters. The van der Waals surface area contributed by atoms with E-state index in [0.29, 0.717) is 18.6 Å². The van der Waals surface area contributed by atoms with E-state index in [1.165, 1.54) is 32.6 Å². The van der Waals surface area contributed by atoms with E-state index in [1.54, 1.807) is 0 Å². The highest BCUT2D eigenvalue weighted by Crippen LogP contribution is 2.50. The summed E-state index contributed by atoms with van der Waals surface area (Å²) in [6, 6.07) is 0. The summed E-state index contributed by atoms with van der Waals surface area (Å²) in [5.41, 5.74) is -0.782. The number of Topliss-reactive ketones (excluding diaryl/α,β-unsaturated/α-hetero) is 2. The lowest BCUT2D eigenvalue weighted by Gasteiger charge is -2.44. The van der Waals surface area contributed by atoms with Gasteiger partial charge in [-0.1, -0.05) is 0 Å². The summed E-state index contributed by atoms with van der Waals surface area (Å²) in [4.78, 5) is 23.0. The molecule has 0 aromatic carbocycles. The van der Waals surface area contributed by atoms with Crippen LogP contribution in [0.15, 0.2) is 24.5 Å². The fraction of sp³-hybridized carbons (Fsp3) is 0.500. The van der Waals surface area contributed by atoms with E-state index >= 15 is 0 Å². The van der Waals surface area contributed by atoms with Gasteiger partial charge in [-0.25, -0.2) is 0 Å². The molecule has 0 amide bonds. The summed E-state index contributed by atoms with van der Waals surface area (Å²) in [5.74, 6) is 0.701. The SMILES string of the molecule is CC(=O)C1(C(C)=O)CC(C2=COC=CO2)C1. The molecule has 4 nitrogen and oxygen atoms in total. The van der Waals surface area contributed by atoms with Crippen LogP contribution in [0.3, 0.4) is 0 Å². The van der Waals surface area contributed by atoms with Crippen LogP contribution in [0.5, 0.6) is 0 Å². The number of rotatable bonds is 3. The maximum absolute atomic E-state index is 11.5. The number of carbonyl (C=O) groups excluding carboxylic acids is 2. The fourth-order valence-corrected chi connectivity index (χ4v) is 2.27. The maximum Gasteiger partial charge on any atom is 0.143 e. The van der Waals surface area contributed by atoms with E-state index in [4.69, 9.17) is 9.47 Å². The van der Waals surface area contributed by atoms with Crippen molar-refractivity contribution in [3.63, 3.8) is 0 Å². The molecule has 2 rings (SSSR count). The lowest BCUT2D eigenvalue weighted by Crippen LogP contribution is -2.48. The Morgan fingerprint density at radius 3 is 2.31 bits per heavy atom. The van der Waals surface area contributed by atoms with Gasteiger partial charge in [-0.05, 0) is 26.7 Å². The molecule has 0 radical (unpaired) electrons. The van der Waals surface area contributed by atoms with Crippen molar-refractivity contribution < 1.29 is 19.1 Å². The lowest BCUT2D eigenvalue weighted by molar-refractivity contribution is -0.147. The first kappa shape index (κ1) is 10.9. The molecule has 1 saturated carbocycles. The first-order valence-electron chi connectivity index (χ1n) is 5.25. The molecule has 86 valence electrons. The Kier molecular flexibility index (Phi) is 2.58. The molecule has 2 aliphatic rings. The number of ether oxygens (including phenoxy) is 2. The van der Waals surface area contributed by atoms with Gasteiger partial charge < -0.3 is 9.47 Å². The van der Waals surface area contributed by atoms with Crippen molar-refractivity contribution in [1.29, 1.82) is 0 Å². The Morgan fingerprint density at radius 1 is 1.25 bits per heavy atom. The normalized spacial score (nSPS) is 22.5. The zero-order valence-electron chi connectivity index (χ0n) is 9.36. The van der Waals surface area contributed by atoms with Gasteiger partial charge in [0, 0.05) is 5.92 Å². The summed E-state index contributed by atoms with van der Waals surface area (Å²) >= 11 is 0. The van der Waals surface area contributed by atoms with Crippen molar-refractivity contribution in [2.45, 2.75) is 26.7 Å². The summed E-state index contributed by atoms with van der Waals surface area (Å²) in [6.45, 7) is 2.95. The van der Waals surface area contributed by atoms with Gasteiger partial charge in [0.2, 0.25) is 0 Å². The molecule has 0 N–H and O–H groups in total. The summed E-state index contributed by atoms with van der Waals surface area (Å²) in [5, 5.41) is 0. The standard InChI is InChI=1S/C12H14O4/c1-8(13)12(9(2)14)5-10(6-12)11-7-15-3-4-16-11/h3-4,7,10H,5-6H2,1-2H3. The average Bonchev–Trinajstić information content (AvgIpc) is 2.16. The molecule has 1 aliphatic carbocycles. The van der Waals surface area contributed by atoms with Gasteiger partial charge in [0.05, 0.1) is 5.41 Å². The highest BCUT2D eigenvalue weighted by Gasteiger charge is 2.53. The fourth-order valence-electron chi connectivity index (χ4n) is 2.27. The predicted molar refractivity (Wildman–Crippen MR) is 55.9 cm³/mol. The molecule has 0 spiro atoms. The first-order valence-corrected chi connectivity index (χ1v) is 5.25. The van der Waals surface area contributed by atoms with Crippen molar-refractivity contribution in [3.05, 3.63) is 24.5 Å². The topological polar surface area (TPSA) is 52.6 Å². The van der Waals surface area contributed by atoms with Crippen LogP contribution in [0.1, 0.15) is 26.7 Å². The molecule has 1 heterocycles. The van der Waals surface area contributed by atoms with Crippen molar-refractivity contribution >= 4 is 11.6 Å². The van der Waals surface area contributed by atoms with E-state index in [-0.39, 0.29) is 17.5 Å². The minimum absolute atomic E-state index is 0.0517. The van der Waals surface area contributed by atoms with E-state index in [2.05, 4.69) is 0 Å². The van der Waals surface area contributed by atoms with Gasteiger partial charge in [0.25, 0.3) is 0 Å². The monoisotopic (exact) mass is 222 g/mol. The quantitative estimate of drug-likeness (QED) is 0.684. The molecule has 4 heteroatoms. The van der Waals surface area contributed by atoms with Crippen LogP contribution in [-0.2, 0) is 19.1 Å². The third kappa shape index (κ3) is 1.54. The molecule has 0 aromatic rings. The zero-order valence-corrected chi connectivity index (χ0v) is 9.36. The van der Waals surface area contributed by atoms with E-state index in [9.17, 15) is 9.59 Å². The third-order valence-corrected chi connectivity index (χ3v) is 3.46. The molecule has 0 bridgehead atoms. The van der Waals surface area contributed by atoms with E-state index < -0.39 is 5.41 Å². The Balaban J connectivity index is 2.05. The van der Waals surface area contributed by atoms with Gasteiger partial charge in [0.15, 0.2) is 0 Å². The van der Waals surface area contributed by atoms with Crippen LogP contribution in [0.4, 0.5) is 0 Å². The summed E-state index contributed by atoms with van der Waals surface area (Å²) in [6.07, 6.45) is 5.47. The lowest BCUT2D eigenvalue weighted by atomic mass is 9.57. The van der Waals surface area contributed by atoms with Crippen LogP contribution in [0, 0.1) is 11.3 Å². The molecule has 0 saturated heterocycles. The zero-order chi connectivity index (χ0) is 11.8. The minimum atomic E-state index is -0.782. The number of hydrogen-bond donors (Lipinski definition) is 0. The second-order valence-electron chi connectivity index (χ2n) is 4.35. The molecular weight excluding hydrogens is 208 g/mol. The average molecular weight is 222 g/mol. The van der Waals surface area contributed by atoms with Crippen molar-refractivity contribution in [2.75, 3.05) is 0 Å². The van der Waals surface area contributed by atoms with Gasteiger partial charge in [-0.3, -0.25) is 9.59 Å². The predicted octanol–water partition coefficient (Wildman–Crippen LogP) is 1.92. The van der Waals surface area contributed by atoms with Gasteiger partial charge >= 0.3 is 0 Å². The van der Waals surface area contributed by atoms with Gasteiger partial charge in [-0.2, -0.15) is 0 Å². The Morgan fingerprint density at radius 2 is 1.88 bits per heavy atom. The Hall–Kier alpha value is -1.58. The number of hydrogen-bond acceptors (Lipinski definition) is 4. The highest BCUT2D eigenvalue weighted by atomic mass is 16.5. The first-order chi connectivity index (χ1) is 7.56. The number of ketones is 2. The molecule has 1 fully saturated rings. The van der Waals surface area contributed by atoms with Crippen LogP contribution >= 0.6 is 0 Å². The van der Waals surface area contributed by atoms with Gasteiger partial charge in [-0.15, -0.1) is 0 Å². The highest BCUT2D eigenvalue weighted by molar-refractivity contribution is 6.06. The Bertz CT molecular complexity index is 370. The second-order valence-corrected chi connectivity index (χ2v) is 4.35. The van der Waals surface area contributed by atoms with Crippen LogP contribution in [0.2, 0.25) is 0 Å².